The van der Waals surface area contributed by atoms with Crippen molar-refractivity contribution in [2.75, 3.05) is 18.0 Å². The minimum atomic E-state index is -0.543. The minimum Gasteiger partial charge on any atom is -0.354 e. The molecule has 0 aliphatic carbocycles. The largest absolute Gasteiger partial charge is 0.354 e. The molecule has 3 aromatic rings. The predicted octanol–water partition coefficient (Wildman–Crippen LogP) is 5.47. The van der Waals surface area contributed by atoms with Gasteiger partial charge in [0.15, 0.2) is 0 Å². The Labute approximate surface area is 219 Å². The van der Waals surface area contributed by atoms with E-state index < -0.39 is 6.04 Å². The summed E-state index contributed by atoms with van der Waals surface area (Å²) < 4.78 is 0. The van der Waals surface area contributed by atoms with Gasteiger partial charge >= 0.3 is 0 Å². The van der Waals surface area contributed by atoms with Crippen LogP contribution in [0.4, 0.5) is 5.69 Å². The van der Waals surface area contributed by atoms with Gasteiger partial charge in [0.1, 0.15) is 6.04 Å². The number of nitrogens with one attached hydrogen (secondary N) is 1. The number of rotatable bonds is 11. The molecule has 6 nitrogen and oxygen atoms in total. The predicted molar refractivity (Wildman–Crippen MR) is 149 cm³/mol. The summed E-state index contributed by atoms with van der Waals surface area (Å²) in [5.41, 5.74) is 3.74. The molecule has 0 saturated carbocycles. The highest BCUT2D eigenvalue weighted by Crippen LogP contribution is 2.37. The molecule has 3 amide bonds. The Morgan fingerprint density at radius 2 is 1.76 bits per heavy atom. The molecule has 6 heteroatoms. The van der Waals surface area contributed by atoms with E-state index in [-0.39, 0.29) is 24.1 Å². The Bertz CT molecular complexity index is 1290. The number of hydrogen-bond donors (Lipinski definition) is 1. The van der Waals surface area contributed by atoms with Crippen LogP contribution in [0.15, 0.2) is 60.7 Å². The lowest BCUT2D eigenvalue weighted by atomic mass is 10.1. The number of nitrogens with zero attached hydrogens (tertiary/aromatic N) is 2. The zero-order valence-corrected chi connectivity index (χ0v) is 22.3. The van der Waals surface area contributed by atoms with Crippen molar-refractivity contribution in [1.29, 1.82) is 0 Å². The maximum absolute atomic E-state index is 13.6. The third-order valence-electron chi connectivity index (χ3n) is 6.93. The van der Waals surface area contributed by atoms with Gasteiger partial charge in [-0.3, -0.25) is 14.4 Å². The van der Waals surface area contributed by atoms with Crippen molar-refractivity contribution in [3.05, 3.63) is 77.4 Å². The Morgan fingerprint density at radius 3 is 2.46 bits per heavy atom. The van der Waals surface area contributed by atoms with Crippen LogP contribution in [0, 0.1) is 12.8 Å². The van der Waals surface area contributed by atoms with E-state index in [9.17, 15) is 14.4 Å². The van der Waals surface area contributed by atoms with Crippen molar-refractivity contribution in [1.82, 2.24) is 10.2 Å². The van der Waals surface area contributed by atoms with Crippen LogP contribution in [-0.4, -0.2) is 41.8 Å². The van der Waals surface area contributed by atoms with E-state index in [2.05, 4.69) is 25.2 Å². The second kappa shape index (κ2) is 11.6. The van der Waals surface area contributed by atoms with Crippen molar-refractivity contribution in [3.8, 4) is 0 Å². The Balaban J connectivity index is 1.48. The number of anilines is 1. The quantitative estimate of drug-likeness (QED) is 0.380. The fourth-order valence-electron chi connectivity index (χ4n) is 5.08. The summed E-state index contributed by atoms with van der Waals surface area (Å²) in [6, 6.07) is 19.2. The molecule has 0 radical (unpaired) electrons. The molecular weight excluding hydrogens is 462 g/mol. The summed E-state index contributed by atoms with van der Waals surface area (Å²) in [6.07, 6.45) is 1.31. The fourth-order valence-corrected chi connectivity index (χ4v) is 5.08. The second-order valence-electron chi connectivity index (χ2n) is 10.3. The third kappa shape index (κ3) is 5.85. The SMILES string of the molecule is CCC(C(=O)NCC(C)C)N(Cc1cccc(C)c1)C(=O)CCCN1C(=O)c2cccc3cccc1c23. The molecule has 0 fully saturated rings. The molecule has 0 bridgehead atoms. The molecular formula is C31H37N3O3. The monoisotopic (exact) mass is 499 g/mol. The number of amides is 3. The molecule has 1 aliphatic heterocycles. The van der Waals surface area contributed by atoms with Gasteiger partial charge in [0.2, 0.25) is 11.8 Å². The topological polar surface area (TPSA) is 69.7 Å². The minimum absolute atomic E-state index is 0.0182. The first-order valence-electron chi connectivity index (χ1n) is 13.3. The molecule has 37 heavy (non-hydrogen) atoms. The highest BCUT2D eigenvalue weighted by Gasteiger charge is 2.31. The van der Waals surface area contributed by atoms with E-state index in [0.717, 1.165) is 27.6 Å². The van der Waals surface area contributed by atoms with Crippen LogP contribution in [0.1, 0.15) is 61.5 Å². The number of benzene rings is 3. The molecule has 0 aromatic heterocycles. The lowest BCUT2D eigenvalue weighted by Crippen LogP contribution is -2.49. The van der Waals surface area contributed by atoms with E-state index in [1.54, 1.807) is 9.80 Å². The third-order valence-corrected chi connectivity index (χ3v) is 6.93. The molecule has 1 heterocycles. The zero-order chi connectivity index (χ0) is 26.5. The van der Waals surface area contributed by atoms with Crippen LogP contribution < -0.4 is 10.2 Å². The smallest absolute Gasteiger partial charge is 0.258 e. The molecule has 3 aromatic carbocycles. The number of hydrogen-bond acceptors (Lipinski definition) is 3. The maximum Gasteiger partial charge on any atom is 0.258 e. The molecule has 0 saturated heterocycles. The standard InChI is InChI=1S/C31H37N3O3/c1-5-26(30(36)32-19-21(2)3)34(20-23-11-6-10-22(4)18-23)28(35)16-9-17-33-27-15-8-13-24-12-7-14-25(29(24)27)31(33)37/h6-8,10-15,18,21,26H,5,9,16-17,19-20H2,1-4H3,(H,32,36). The summed E-state index contributed by atoms with van der Waals surface area (Å²) in [6.45, 7) is 9.47. The van der Waals surface area contributed by atoms with E-state index in [1.165, 1.54) is 0 Å². The lowest BCUT2D eigenvalue weighted by molar-refractivity contribution is -0.141. The van der Waals surface area contributed by atoms with Gasteiger partial charge in [-0.05, 0) is 48.8 Å². The van der Waals surface area contributed by atoms with E-state index in [1.807, 2.05) is 68.4 Å². The summed E-state index contributed by atoms with van der Waals surface area (Å²) in [5.74, 6) is 0.119. The molecule has 1 unspecified atom stereocenters. The molecule has 0 spiro atoms. The average molecular weight is 500 g/mol. The first-order valence-corrected chi connectivity index (χ1v) is 13.3. The molecule has 1 aliphatic rings. The van der Waals surface area contributed by atoms with E-state index >= 15 is 0 Å². The average Bonchev–Trinajstić information content (AvgIpc) is 3.15. The van der Waals surface area contributed by atoms with Crippen molar-refractivity contribution >= 4 is 34.2 Å². The van der Waals surface area contributed by atoms with Gasteiger partial charge in [-0.2, -0.15) is 0 Å². The van der Waals surface area contributed by atoms with Gasteiger partial charge in [-0.15, -0.1) is 0 Å². The van der Waals surface area contributed by atoms with Crippen LogP contribution in [-0.2, 0) is 16.1 Å². The van der Waals surface area contributed by atoms with Crippen LogP contribution >= 0.6 is 0 Å². The second-order valence-corrected chi connectivity index (χ2v) is 10.3. The Kier molecular flexibility index (Phi) is 8.27. The first-order chi connectivity index (χ1) is 17.8. The Morgan fingerprint density at radius 1 is 1.03 bits per heavy atom. The lowest BCUT2D eigenvalue weighted by Gasteiger charge is -2.31. The molecule has 194 valence electrons. The van der Waals surface area contributed by atoms with Crippen molar-refractivity contribution < 1.29 is 14.4 Å². The highest BCUT2D eigenvalue weighted by molar-refractivity contribution is 6.25. The van der Waals surface area contributed by atoms with Crippen LogP contribution in [0.2, 0.25) is 0 Å². The van der Waals surface area contributed by atoms with Crippen LogP contribution in [0.5, 0.6) is 0 Å². The van der Waals surface area contributed by atoms with Crippen molar-refractivity contribution in [2.45, 2.75) is 59.5 Å². The van der Waals surface area contributed by atoms with Crippen molar-refractivity contribution in [3.63, 3.8) is 0 Å². The number of carbonyl (C=O) groups is 3. The highest BCUT2D eigenvalue weighted by atomic mass is 16.2. The van der Waals surface area contributed by atoms with Crippen molar-refractivity contribution in [2.24, 2.45) is 5.92 Å². The normalized spacial score (nSPS) is 13.3. The van der Waals surface area contributed by atoms with Gasteiger partial charge in [0.05, 0.1) is 5.69 Å². The maximum atomic E-state index is 13.6. The van der Waals surface area contributed by atoms with E-state index in [0.29, 0.717) is 44.0 Å². The first kappa shape index (κ1) is 26.4. The fraction of sp³-hybridized carbons (Fsp3) is 0.387. The molecule has 4 rings (SSSR count). The number of aryl methyl sites for hydroxylation is 1. The van der Waals surface area contributed by atoms with Gasteiger partial charge in [-0.1, -0.05) is 74.9 Å². The van der Waals surface area contributed by atoms with Gasteiger partial charge in [-0.25, -0.2) is 0 Å². The van der Waals surface area contributed by atoms with Gasteiger partial charge in [0, 0.05) is 37.0 Å². The van der Waals surface area contributed by atoms with Crippen LogP contribution in [0.3, 0.4) is 0 Å². The summed E-state index contributed by atoms with van der Waals surface area (Å²) in [7, 11) is 0. The summed E-state index contributed by atoms with van der Waals surface area (Å²) >= 11 is 0. The summed E-state index contributed by atoms with van der Waals surface area (Å²) in [4.78, 5) is 43.3. The summed E-state index contributed by atoms with van der Waals surface area (Å²) in [5, 5.41) is 5.04. The Hall–Kier alpha value is -3.67. The van der Waals surface area contributed by atoms with Crippen LogP contribution in [0.25, 0.3) is 10.8 Å². The van der Waals surface area contributed by atoms with Gasteiger partial charge < -0.3 is 15.1 Å². The van der Waals surface area contributed by atoms with Gasteiger partial charge in [0.25, 0.3) is 5.91 Å². The number of carbonyl (C=O) groups excluding carboxylic acids is 3. The zero-order valence-electron chi connectivity index (χ0n) is 22.3. The van der Waals surface area contributed by atoms with E-state index in [4.69, 9.17) is 0 Å². The molecule has 1 atom stereocenters. The molecule has 1 N–H and O–H groups in total.